The summed E-state index contributed by atoms with van der Waals surface area (Å²) in [6.07, 6.45) is 0.292. The molecule has 0 spiro atoms. The molecule has 7 heteroatoms. The van der Waals surface area contributed by atoms with Crippen molar-refractivity contribution in [1.29, 1.82) is 0 Å². The quantitative estimate of drug-likeness (QED) is 0.695. The number of nitrogens with zero attached hydrogens (tertiary/aromatic N) is 2. The van der Waals surface area contributed by atoms with E-state index in [0.717, 1.165) is 16.8 Å². The number of aromatic nitrogens is 2. The maximum atomic E-state index is 12.4. The molecule has 1 aromatic heterocycles. The van der Waals surface area contributed by atoms with Gasteiger partial charge in [-0.05, 0) is 56.2 Å². The topological polar surface area (TPSA) is 94.3 Å². The normalized spacial score (nSPS) is 11.7. The van der Waals surface area contributed by atoms with Gasteiger partial charge in [-0.1, -0.05) is 18.2 Å². The van der Waals surface area contributed by atoms with E-state index in [1.165, 1.54) is 13.3 Å². The summed E-state index contributed by atoms with van der Waals surface area (Å²) in [5.74, 6) is -0.615. The molecule has 0 aliphatic carbocycles. The molecule has 3 rings (SSSR count). The molecule has 0 radical (unpaired) electrons. The van der Waals surface area contributed by atoms with Crippen molar-refractivity contribution in [2.75, 3.05) is 5.32 Å². The van der Waals surface area contributed by atoms with Crippen molar-refractivity contribution in [1.82, 2.24) is 10.2 Å². The minimum absolute atomic E-state index is 0.324. The highest BCUT2D eigenvalue weighted by Crippen LogP contribution is 2.20. The van der Waals surface area contributed by atoms with Crippen molar-refractivity contribution in [3.8, 4) is 11.5 Å². The molecule has 1 N–H and O–H groups in total. The van der Waals surface area contributed by atoms with Crippen LogP contribution in [0.15, 0.2) is 53.3 Å². The van der Waals surface area contributed by atoms with E-state index in [9.17, 15) is 9.59 Å². The summed E-state index contributed by atoms with van der Waals surface area (Å²) in [7, 11) is 0. The molecule has 0 aliphatic rings. The average molecular weight is 365 g/mol. The van der Waals surface area contributed by atoms with Gasteiger partial charge in [0, 0.05) is 11.3 Å². The first-order chi connectivity index (χ1) is 13.0. The van der Waals surface area contributed by atoms with E-state index in [1.807, 2.05) is 32.0 Å². The van der Waals surface area contributed by atoms with E-state index < -0.39 is 12.1 Å². The number of carbonyl (C=O) groups excluding carboxylic acids is 2. The highest BCUT2D eigenvalue weighted by atomic mass is 16.5. The number of hydrogen-bond donors (Lipinski definition) is 1. The molecule has 27 heavy (non-hydrogen) atoms. The molecule has 0 aliphatic heterocycles. The zero-order valence-corrected chi connectivity index (χ0v) is 15.2. The third kappa shape index (κ3) is 4.20. The number of amides is 1. The Hall–Kier alpha value is -3.48. The molecule has 138 valence electrons. The first kappa shape index (κ1) is 18.3. The first-order valence-corrected chi connectivity index (χ1v) is 8.40. The fourth-order valence-corrected chi connectivity index (χ4v) is 2.57. The number of aryl methyl sites for hydroxylation is 2. The highest BCUT2D eigenvalue weighted by molar-refractivity contribution is 5.98. The number of para-hydroxylation sites is 1. The predicted octanol–water partition coefficient (Wildman–Crippen LogP) is 3.54. The van der Waals surface area contributed by atoms with E-state index >= 15 is 0 Å². The van der Waals surface area contributed by atoms with Crippen molar-refractivity contribution in [3.63, 3.8) is 0 Å². The van der Waals surface area contributed by atoms with Gasteiger partial charge in [-0.3, -0.25) is 4.79 Å². The molecule has 2 aromatic carbocycles. The fraction of sp³-hybridized carbons (Fsp3) is 0.200. The number of esters is 1. The molecule has 3 aromatic rings. The lowest BCUT2D eigenvalue weighted by Crippen LogP contribution is -2.30. The smallest absolute Gasteiger partial charge is 0.338 e. The van der Waals surface area contributed by atoms with Gasteiger partial charge in [0.1, 0.15) is 0 Å². The summed E-state index contributed by atoms with van der Waals surface area (Å²) >= 11 is 0. The number of rotatable bonds is 5. The number of nitrogens with one attached hydrogen (secondary N) is 1. The Kier molecular flexibility index (Phi) is 5.30. The van der Waals surface area contributed by atoms with Gasteiger partial charge in [0.05, 0.1) is 5.56 Å². The standard InChI is InChI=1S/C20H19N3O4/c1-12-5-4-6-13(2)17(12)22-18(24)14(3)27-20(25)16-9-7-15(8-10-16)19-23-21-11-26-19/h4-11,14H,1-3H3,(H,22,24)/t14-/m1/s1. The van der Waals surface area contributed by atoms with Gasteiger partial charge in [-0.25, -0.2) is 4.79 Å². The van der Waals surface area contributed by atoms with Gasteiger partial charge < -0.3 is 14.5 Å². The zero-order valence-electron chi connectivity index (χ0n) is 15.2. The molecular weight excluding hydrogens is 346 g/mol. The van der Waals surface area contributed by atoms with Crippen LogP contribution in [0.4, 0.5) is 5.69 Å². The Morgan fingerprint density at radius 1 is 1.07 bits per heavy atom. The number of carbonyl (C=O) groups is 2. The molecule has 0 fully saturated rings. The molecule has 0 saturated carbocycles. The largest absolute Gasteiger partial charge is 0.449 e. The summed E-state index contributed by atoms with van der Waals surface area (Å²) in [6, 6.07) is 12.2. The molecule has 1 atom stereocenters. The van der Waals surface area contributed by atoms with E-state index in [-0.39, 0.29) is 5.91 Å². The summed E-state index contributed by atoms with van der Waals surface area (Å²) in [6.45, 7) is 5.35. The Morgan fingerprint density at radius 3 is 2.33 bits per heavy atom. The van der Waals surface area contributed by atoms with Crippen LogP contribution in [0.5, 0.6) is 0 Å². The lowest BCUT2D eigenvalue weighted by atomic mass is 10.1. The third-order valence-corrected chi connectivity index (χ3v) is 4.11. The maximum Gasteiger partial charge on any atom is 0.338 e. The highest BCUT2D eigenvalue weighted by Gasteiger charge is 2.20. The Labute approximate surface area is 156 Å². The Balaban J connectivity index is 1.64. The van der Waals surface area contributed by atoms with Crippen LogP contribution in [-0.4, -0.2) is 28.2 Å². The second-order valence-corrected chi connectivity index (χ2v) is 6.12. The van der Waals surface area contributed by atoms with Gasteiger partial charge >= 0.3 is 5.97 Å². The van der Waals surface area contributed by atoms with Gasteiger partial charge in [0.2, 0.25) is 12.3 Å². The Bertz CT molecular complexity index is 930. The van der Waals surface area contributed by atoms with E-state index in [2.05, 4.69) is 15.5 Å². The monoisotopic (exact) mass is 365 g/mol. The lowest BCUT2D eigenvalue weighted by Gasteiger charge is -2.16. The van der Waals surface area contributed by atoms with Crippen molar-refractivity contribution >= 4 is 17.6 Å². The summed E-state index contributed by atoms with van der Waals surface area (Å²) in [5.41, 5.74) is 3.63. The van der Waals surface area contributed by atoms with Crippen molar-refractivity contribution in [2.24, 2.45) is 0 Å². The summed E-state index contributed by atoms with van der Waals surface area (Å²) in [4.78, 5) is 24.7. The second-order valence-electron chi connectivity index (χ2n) is 6.12. The van der Waals surface area contributed by atoms with Crippen LogP contribution < -0.4 is 5.32 Å². The molecule has 0 saturated heterocycles. The number of benzene rings is 2. The molecular formula is C20H19N3O4. The van der Waals surface area contributed by atoms with Crippen LogP contribution in [0.3, 0.4) is 0 Å². The lowest BCUT2D eigenvalue weighted by molar-refractivity contribution is -0.123. The van der Waals surface area contributed by atoms with E-state index in [1.54, 1.807) is 24.3 Å². The average Bonchev–Trinajstić information content (AvgIpc) is 3.19. The van der Waals surface area contributed by atoms with Gasteiger partial charge in [-0.15, -0.1) is 10.2 Å². The zero-order chi connectivity index (χ0) is 19.4. The van der Waals surface area contributed by atoms with Gasteiger partial charge in [0.25, 0.3) is 5.91 Å². The first-order valence-electron chi connectivity index (χ1n) is 8.40. The molecule has 0 unspecified atom stereocenters. The molecule has 7 nitrogen and oxygen atoms in total. The SMILES string of the molecule is Cc1cccc(C)c1NC(=O)[C@@H](C)OC(=O)c1ccc(-c2nnco2)cc1. The van der Waals surface area contributed by atoms with Crippen LogP contribution >= 0.6 is 0 Å². The molecule has 0 bridgehead atoms. The van der Waals surface area contributed by atoms with E-state index in [4.69, 9.17) is 9.15 Å². The number of anilines is 1. The predicted molar refractivity (Wildman–Crippen MR) is 99.2 cm³/mol. The van der Waals surface area contributed by atoms with Crippen LogP contribution in [0.2, 0.25) is 0 Å². The van der Waals surface area contributed by atoms with Crippen LogP contribution in [0, 0.1) is 13.8 Å². The Morgan fingerprint density at radius 2 is 1.74 bits per heavy atom. The van der Waals surface area contributed by atoms with Gasteiger partial charge in [-0.2, -0.15) is 0 Å². The third-order valence-electron chi connectivity index (χ3n) is 4.11. The van der Waals surface area contributed by atoms with Crippen LogP contribution in [0.25, 0.3) is 11.5 Å². The van der Waals surface area contributed by atoms with Crippen molar-refractivity contribution < 1.29 is 18.7 Å². The minimum Gasteiger partial charge on any atom is -0.449 e. The van der Waals surface area contributed by atoms with Crippen LogP contribution in [-0.2, 0) is 9.53 Å². The van der Waals surface area contributed by atoms with Gasteiger partial charge in [0.15, 0.2) is 6.10 Å². The summed E-state index contributed by atoms with van der Waals surface area (Å²) in [5, 5.41) is 10.2. The van der Waals surface area contributed by atoms with Crippen molar-refractivity contribution in [3.05, 3.63) is 65.5 Å². The van der Waals surface area contributed by atoms with Crippen LogP contribution in [0.1, 0.15) is 28.4 Å². The molecule has 1 amide bonds. The number of ether oxygens (including phenoxy) is 1. The maximum absolute atomic E-state index is 12.4. The minimum atomic E-state index is -0.938. The fourth-order valence-electron chi connectivity index (χ4n) is 2.57. The second kappa shape index (κ2) is 7.82. The van der Waals surface area contributed by atoms with E-state index in [0.29, 0.717) is 17.0 Å². The molecule has 1 heterocycles. The summed E-state index contributed by atoms with van der Waals surface area (Å²) < 4.78 is 10.4. The number of hydrogen-bond acceptors (Lipinski definition) is 6. The van der Waals surface area contributed by atoms with Crippen molar-refractivity contribution in [2.45, 2.75) is 26.9 Å².